The standard InChI is InChI=1S/C9H11BrN4OS/c1-5-9(10)6(14(2)12-5)3-7(15)8-4-11-13-16-8/h4,7,15H,3H2,1-2H3. The lowest BCUT2D eigenvalue weighted by Crippen LogP contribution is -2.05. The van der Waals surface area contributed by atoms with E-state index in [1.807, 2.05) is 14.0 Å². The third-order valence-corrected chi connectivity index (χ3v) is 4.15. The molecule has 0 saturated heterocycles. The van der Waals surface area contributed by atoms with Crippen molar-refractivity contribution in [1.82, 2.24) is 19.4 Å². The van der Waals surface area contributed by atoms with Gasteiger partial charge in [0.15, 0.2) is 0 Å². The van der Waals surface area contributed by atoms with Gasteiger partial charge in [0.25, 0.3) is 0 Å². The summed E-state index contributed by atoms with van der Waals surface area (Å²) in [5.41, 5.74) is 1.89. The first-order chi connectivity index (χ1) is 7.59. The number of aromatic nitrogens is 4. The van der Waals surface area contributed by atoms with Gasteiger partial charge in [-0.15, -0.1) is 5.10 Å². The molecule has 0 saturated carbocycles. The second kappa shape index (κ2) is 4.60. The topological polar surface area (TPSA) is 63.8 Å². The van der Waals surface area contributed by atoms with Crippen LogP contribution in [0.1, 0.15) is 22.4 Å². The molecule has 0 amide bonds. The predicted molar refractivity (Wildman–Crippen MR) is 64.2 cm³/mol. The zero-order valence-electron chi connectivity index (χ0n) is 8.88. The van der Waals surface area contributed by atoms with Gasteiger partial charge < -0.3 is 5.11 Å². The first kappa shape index (κ1) is 11.7. The molecule has 86 valence electrons. The highest BCUT2D eigenvalue weighted by atomic mass is 79.9. The van der Waals surface area contributed by atoms with Gasteiger partial charge in [-0.2, -0.15) is 5.10 Å². The lowest BCUT2D eigenvalue weighted by Gasteiger charge is -2.08. The minimum absolute atomic E-state index is 0.502. The largest absolute Gasteiger partial charge is 0.387 e. The maximum absolute atomic E-state index is 9.99. The van der Waals surface area contributed by atoms with Crippen LogP contribution < -0.4 is 0 Å². The van der Waals surface area contributed by atoms with E-state index in [1.54, 1.807) is 10.9 Å². The number of aliphatic hydroxyl groups is 1. The van der Waals surface area contributed by atoms with Crippen LogP contribution in [-0.2, 0) is 13.5 Å². The molecule has 0 spiro atoms. The van der Waals surface area contributed by atoms with E-state index in [0.717, 1.165) is 20.7 Å². The van der Waals surface area contributed by atoms with Gasteiger partial charge in [-0.05, 0) is 34.4 Å². The van der Waals surface area contributed by atoms with E-state index in [9.17, 15) is 5.11 Å². The third-order valence-electron chi connectivity index (χ3n) is 2.36. The molecule has 1 unspecified atom stereocenters. The fourth-order valence-corrected chi connectivity index (χ4v) is 2.49. The third kappa shape index (κ3) is 2.16. The van der Waals surface area contributed by atoms with Crippen molar-refractivity contribution in [3.05, 3.63) is 26.9 Å². The Labute approximate surface area is 105 Å². The summed E-state index contributed by atoms with van der Waals surface area (Å²) in [5, 5.41) is 18.0. The van der Waals surface area contributed by atoms with E-state index in [4.69, 9.17) is 0 Å². The maximum Gasteiger partial charge on any atom is 0.0969 e. The molecule has 0 aromatic carbocycles. The molecule has 2 heterocycles. The summed E-state index contributed by atoms with van der Waals surface area (Å²) in [7, 11) is 1.87. The number of nitrogens with zero attached hydrogens (tertiary/aromatic N) is 4. The van der Waals surface area contributed by atoms with Crippen LogP contribution in [0.4, 0.5) is 0 Å². The lowest BCUT2D eigenvalue weighted by molar-refractivity contribution is 0.179. The Morgan fingerprint density at radius 3 is 2.88 bits per heavy atom. The highest BCUT2D eigenvalue weighted by Gasteiger charge is 2.17. The van der Waals surface area contributed by atoms with Gasteiger partial charge in [0.1, 0.15) is 0 Å². The van der Waals surface area contributed by atoms with Gasteiger partial charge in [0, 0.05) is 13.5 Å². The molecule has 0 aliphatic carbocycles. The normalized spacial score (nSPS) is 13.0. The predicted octanol–water partition coefficient (Wildman–Crippen LogP) is 1.62. The second-order valence-corrected chi connectivity index (χ2v) is 5.12. The van der Waals surface area contributed by atoms with Gasteiger partial charge >= 0.3 is 0 Å². The van der Waals surface area contributed by atoms with Gasteiger partial charge in [0.05, 0.1) is 33.0 Å². The second-order valence-electron chi connectivity index (χ2n) is 3.51. The van der Waals surface area contributed by atoms with E-state index in [1.165, 1.54) is 11.5 Å². The Morgan fingerprint density at radius 2 is 2.38 bits per heavy atom. The van der Waals surface area contributed by atoms with Crippen molar-refractivity contribution in [3.8, 4) is 0 Å². The molecule has 0 aliphatic rings. The Hall–Kier alpha value is -0.790. The van der Waals surface area contributed by atoms with Crippen molar-refractivity contribution in [1.29, 1.82) is 0 Å². The fraction of sp³-hybridized carbons (Fsp3) is 0.444. The fourth-order valence-electron chi connectivity index (χ4n) is 1.51. The van der Waals surface area contributed by atoms with Gasteiger partial charge in [-0.25, -0.2) is 0 Å². The molecule has 1 N–H and O–H groups in total. The van der Waals surface area contributed by atoms with Gasteiger partial charge in [-0.3, -0.25) is 4.68 Å². The molecule has 7 heteroatoms. The molecular weight excluding hydrogens is 292 g/mol. The van der Waals surface area contributed by atoms with Crippen LogP contribution in [0.15, 0.2) is 10.7 Å². The lowest BCUT2D eigenvalue weighted by atomic mass is 10.1. The molecule has 0 bridgehead atoms. The molecule has 0 aliphatic heterocycles. The number of rotatable bonds is 3. The van der Waals surface area contributed by atoms with Crippen molar-refractivity contribution >= 4 is 27.5 Å². The van der Waals surface area contributed by atoms with Gasteiger partial charge in [-0.1, -0.05) is 4.49 Å². The molecule has 0 radical (unpaired) electrons. The molecule has 0 fully saturated rings. The Kier molecular flexibility index (Phi) is 3.36. The molecule has 2 aromatic heterocycles. The monoisotopic (exact) mass is 302 g/mol. The zero-order chi connectivity index (χ0) is 11.7. The van der Waals surface area contributed by atoms with E-state index >= 15 is 0 Å². The van der Waals surface area contributed by atoms with E-state index < -0.39 is 6.10 Å². The molecule has 5 nitrogen and oxygen atoms in total. The highest BCUT2D eigenvalue weighted by molar-refractivity contribution is 9.10. The minimum Gasteiger partial charge on any atom is -0.387 e. The Morgan fingerprint density at radius 1 is 1.62 bits per heavy atom. The van der Waals surface area contributed by atoms with Crippen LogP contribution >= 0.6 is 27.5 Å². The van der Waals surface area contributed by atoms with Crippen LogP contribution in [-0.4, -0.2) is 24.5 Å². The first-order valence-corrected chi connectivity index (χ1v) is 6.29. The van der Waals surface area contributed by atoms with Crippen molar-refractivity contribution in [2.75, 3.05) is 0 Å². The summed E-state index contributed by atoms with van der Waals surface area (Å²) in [6.07, 6.45) is 1.51. The minimum atomic E-state index is -0.578. The number of aliphatic hydroxyl groups excluding tert-OH is 1. The van der Waals surface area contributed by atoms with Crippen LogP contribution in [0.25, 0.3) is 0 Å². The van der Waals surface area contributed by atoms with Crippen molar-refractivity contribution in [3.63, 3.8) is 0 Å². The molecule has 2 aromatic rings. The summed E-state index contributed by atoms with van der Waals surface area (Å²) in [6.45, 7) is 1.92. The van der Waals surface area contributed by atoms with Crippen LogP contribution in [0.3, 0.4) is 0 Å². The van der Waals surface area contributed by atoms with E-state index in [-0.39, 0.29) is 0 Å². The summed E-state index contributed by atoms with van der Waals surface area (Å²) in [5.74, 6) is 0. The molecule has 16 heavy (non-hydrogen) atoms. The number of hydrogen-bond donors (Lipinski definition) is 1. The molecule has 2 rings (SSSR count). The average molecular weight is 303 g/mol. The quantitative estimate of drug-likeness (QED) is 0.936. The smallest absolute Gasteiger partial charge is 0.0969 e. The van der Waals surface area contributed by atoms with E-state index in [2.05, 4.69) is 30.6 Å². The van der Waals surface area contributed by atoms with Crippen LogP contribution in [0, 0.1) is 6.92 Å². The summed E-state index contributed by atoms with van der Waals surface area (Å²) in [6, 6.07) is 0. The van der Waals surface area contributed by atoms with Crippen molar-refractivity contribution in [2.45, 2.75) is 19.4 Å². The van der Waals surface area contributed by atoms with Crippen LogP contribution in [0.5, 0.6) is 0 Å². The first-order valence-electron chi connectivity index (χ1n) is 4.73. The van der Waals surface area contributed by atoms with Crippen LogP contribution in [0.2, 0.25) is 0 Å². The number of hydrogen-bond acceptors (Lipinski definition) is 5. The maximum atomic E-state index is 9.99. The summed E-state index contributed by atoms with van der Waals surface area (Å²) in [4.78, 5) is 0.769. The molecule has 1 atom stereocenters. The zero-order valence-corrected chi connectivity index (χ0v) is 11.3. The van der Waals surface area contributed by atoms with Gasteiger partial charge in [0.2, 0.25) is 0 Å². The summed E-state index contributed by atoms with van der Waals surface area (Å²) < 4.78 is 6.46. The van der Waals surface area contributed by atoms with Crippen molar-refractivity contribution in [2.24, 2.45) is 7.05 Å². The van der Waals surface area contributed by atoms with Crippen molar-refractivity contribution < 1.29 is 5.11 Å². The number of halogens is 1. The SMILES string of the molecule is Cc1nn(C)c(CC(O)c2cnns2)c1Br. The van der Waals surface area contributed by atoms with E-state index in [0.29, 0.717) is 6.42 Å². The Bertz CT molecular complexity index is 482. The average Bonchev–Trinajstić information content (AvgIpc) is 2.83. The molecular formula is C9H11BrN4OS. The highest BCUT2D eigenvalue weighted by Crippen LogP contribution is 2.26. The summed E-state index contributed by atoms with van der Waals surface area (Å²) >= 11 is 4.68. The number of aryl methyl sites for hydroxylation is 2. The Balaban J connectivity index is 2.21.